The fraction of sp³-hybridized carbons (Fsp3) is 0.800. The molecule has 0 atom stereocenters. The summed E-state index contributed by atoms with van der Waals surface area (Å²) in [6.07, 6.45) is 0.602. The Bertz CT molecular complexity index is 199. The second-order valence-electron chi connectivity index (χ2n) is 3.42. The van der Waals surface area contributed by atoms with E-state index in [0.717, 1.165) is 0 Å². The number of hydrogen-bond donors (Lipinski definition) is 2. The zero-order valence-corrected chi connectivity index (χ0v) is 11.1. The summed E-state index contributed by atoms with van der Waals surface area (Å²) in [5.41, 5.74) is 0. The van der Waals surface area contributed by atoms with Crippen molar-refractivity contribution in [2.45, 2.75) is 19.8 Å². The summed E-state index contributed by atoms with van der Waals surface area (Å²) >= 11 is 7.84. The second kappa shape index (κ2) is 9.84. The minimum Gasteiger partial charge on any atom is -0.465 e. The fourth-order valence-corrected chi connectivity index (χ4v) is 1.21. The zero-order chi connectivity index (χ0) is 12.4. The molecule has 0 radical (unpaired) electrons. The van der Waals surface area contributed by atoms with E-state index in [1.54, 1.807) is 0 Å². The number of ether oxygens (including phenoxy) is 2. The van der Waals surface area contributed by atoms with Gasteiger partial charge < -0.3 is 9.47 Å². The van der Waals surface area contributed by atoms with Gasteiger partial charge in [0.15, 0.2) is 0 Å². The topological polar surface area (TPSA) is 52.6 Å². The van der Waals surface area contributed by atoms with Crippen molar-refractivity contribution in [1.82, 2.24) is 0 Å². The minimum atomic E-state index is -0.275. The number of esters is 2. The molecule has 0 unspecified atom stereocenters. The lowest BCUT2D eigenvalue weighted by Crippen LogP contribution is -2.18. The Morgan fingerprint density at radius 3 is 1.69 bits per heavy atom. The summed E-state index contributed by atoms with van der Waals surface area (Å²) < 4.78 is 9.88. The molecule has 0 saturated carbocycles. The van der Waals surface area contributed by atoms with E-state index < -0.39 is 0 Å². The third-order valence-electron chi connectivity index (χ3n) is 1.69. The van der Waals surface area contributed by atoms with E-state index >= 15 is 0 Å². The third kappa shape index (κ3) is 8.91. The first-order chi connectivity index (χ1) is 7.60. The average Bonchev–Trinajstić information content (AvgIpc) is 2.24. The van der Waals surface area contributed by atoms with Crippen molar-refractivity contribution >= 4 is 37.2 Å². The van der Waals surface area contributed by atoms with Crippen molar-refractivity contribution < 1.29 is 19.1 Å². The number of carbonyl (C=O) groups excluding carboxylic acids is 2. The van der Waals surface area contributed by atoms with Gasteiger partial charge >= 0.3 is 11.9 Å². The largest absolute Gasteiger partial charge is 0.465 e. The van der Waals surface area contributed by atoms with Crippen LogP contribution in [0, 0.1) is 5.92 Å². The van der Waals surface area contributed by atoms with Gasteiger partial charge in [-0.15, -0.1) is 0 Å². The van der Waals surface area contributed by atoms with Gasteiger partial charge in [-0.1, -0.05) is 6.92 Å². The van der Waals surface area contributed by atoms with Crippen molar-refractivity contribution in [3.8, 4) is 0 Å². The maximum atomic E-state index is 11.0. The summed E-state index contributed by atoms with van der Waals surface area (Å²) in [5, 5.41) is 0. The molecule has 0 heterocycles. The molecule has 4 nitrogen and oxygen atoms in total. The van der Waals surface area contributed by atoms with Gasteiger partial charge in [-0.3, -0.25) is 9.59 Å². The highest BCUT2D eigenvalue weighted by Crippen LogP contribution is 2.00. The molecule has 0 aromatic heterocycles. The van der Waals surface area contributed by atoms with Crippen LogP contribution in [0.15, 0.2) is 0 Å². The van der Waals surface area contributed by atoms with Crippen LogP contribution < -0.4 is 0 Å². The maximum absolute atomic E-state index is 11.0. The monoisotopic (exact) mass is 266 g/mol. The average molecular weight is 266 g/mol. The smallest absolute Gasteiger partial charge is 0.306 e. The van der Waals surface area contributed by atoms with Gasteiger partial charge in [-0.2, -0.15) is 25.3 Å². The predicted octanol–water partition coefficient (Wildman–Crippen LogP) is 1.35. The Labute approximate surface area is 107 Å². The van der Waals surface area contributed by atoms with Gasteiger partial charge in [-0.25, -0.2) is 0 Å². The van der Waals surface area contributed by atoms with E-state index in [4.69, 9.17) is 9.47 Å². The van der Waals surface area contributed by atoms with Gasteiger partial charge in [0.1, 0.15) is 0 Å². The van der Waals surface area contributed by atoms with Crippen LogP contribution in [0.4, 0.5) is 0 Å². The molecule has 0 aliphatic heterocycles. The van der Waals surface area contributed by atoms with Crippen LogP contribution in [0.1, 0.15) is 19.8 Å². The van der Waals surface area contributed by atoms with Crippen LogP contribution in [-0.4, -0.2) is 36.7 Å². The van der Waals surface area contributed by atoms with Crippen LogP contribution >= 0.6 is 25.3 Å². The van der Waals surface area contributed by atoms with E-state index in [9.17, 15) is 9.59 Å². The molecule has 0 aromatic carbocycles. The molecule has 0 saturated heterocycles. The van der Waals surface area contributed by atoms with Gasteiger partial charge in [-0.05, 0) is 0 Å². The lowest BCUT2D eigenvalue weighted by Gasteiger charge is -2.12. The first kappa shape index (κ1) is 15.6. The first-order valence-corrected chi connectivity index (χ1v) is 6.39. The number of hydrogen-bond acceptors (Lipinski definition) is 6. The lowest BCUT2D eigenvalue weighted by molar-refractivity contribution is -0.148. The summed E-state index contributed by atoms with van der Waals surface area (Å²) in [6.45, 7) is 2.38. The summed E-state index contributed by atoms with van der Waals surface area (Å²) in [5.74, 6) is 0.411. The maximum Gasteiger partial charge on any atom is 0.306 e. The van der Waals surface area contributed by atoms with Crippen LogP contribution in [0.25, 0.3) is 0 Å². The number of carbonyl (C=O) groups is 2. The van der Waals surface area contributed by atoms with Gasteiger partial charge in [0.2, 0.25) is 0 Å². The highest BCUT2D eigenvalue weighted by molar-refractivity contribution is 7.80. The Kier molecular flexibility index (Phi) is 9.62. The molecular weight excluding hydrogens is 248 g/mol. The quantitative estimate of drug-likeness (QED) is 0.514. The van der Waals surface area contributed by atoms with Crippen LogP contribution in [-0.2, 0) is 19.1 Å². The highest BCUT2D eigenvalue weighted by Gasteiger charge is 2.09. The Morgan fingerprint density at radius 2 is 1.38 bits per heavy atom. The first-order valence-electron chi connectivity index (χ1n) is 5.13. The molecule has 0 bridgehead atoms. The Hall–Kier alpha value is -0.360. The molecule has 0 rings (SSSR count). The summed E-state index contributed by atoms with van der Waals surface area (Å²) in [6, 6.07) is 0. The van der Waals surface area contributed by atoms with Crippen molar-refractivity contribution in [2.75, 3.05) is 24.7 Å². The molecule has 16 heavy (non-hydrogen) atoms. The van der Waals surface area contributed by atoms with Crippen molar-refractivity contribution in [1.29, 1.82) is 0 Å². The van der Waals surface area contributed by atoms with E-state index in [1.165, 1.54) is 0 Å². The van der Waals surface area contributed by atoms with Gasteiger partial charge in [0, 0.05) is 17.4 Å². The molecule has 0 fully saturated rings. The van der Waals surface area contributed by atoms with Crippen LogP contribution in [0.2, 0.25) is 0 Å². The summed E-state index contributed by atoms with van der Waals surface area (Å²) in [4.78, 5) is 22.0. The van der Waals surface area contributed by atoms with E-state index in [0.29, 0.717) is 24.3 Å². The molecule has 6 heteroatoms. The summed E-state index contributed by atoms with van der Waals surface area (Å²) in [7, 11) is 0. The minimum absolute atomic E-state index is 0.00716. The molecule has 0 aliphatic carbocycles. The Morgan fingerprint density at radius 1 is 1.00 bits per heavy atom. The normalized spacial score (nSPS) is 10.2. The third-order valence-corrected chi connectivity index (χ3v) is 2.14. The van der Waals surface area contributed by atoms with E-state index in [1.807, 2.05) is 6.92 Å². The van der Waals surface area contributed by atoms with Crippen molar-refractivity contribution in [3.63, 3.8) is 0 Å². The van der Waals surface area contributed by atoms with Crippen molar-refractivity contribution in [3.05, 3.63) is 0 Å². The van der Waals surface area contributed by atoms with Crippen molar-refractivity contribution in [2.24, 2.45) is 5.92 Å². The number of thiol groups is 2. The van der Waals surface area contributed by atoms with Crippen LogP contribution in [0.3, 0.4) is 0 Å². The second-order valence-corrected chi connectivity index (χ2v) is 4.31. The predicted molar refractivity (Wildman–Crippen MR) is 68.0 cm³/mol. The molecule has 0 aromatic rings. The molecule has 0 N–H and O–H groups in total. The standard InChI is InChI=1S/C10H18O4S2/c1-8(6-13-9(11)2-4-15)7-14-10(12)3-5-16/h8,15-16H,2-7H2,1H3. The van der Waals surface area contributed by atoms with E-state index in [2.05, 4.69) is 25.3 Å². The molecule has 0 aliphatic rings. The SMILES string of the molecule is CC(COC(=O)CCS)COC(=O)CCS. The Balaban J connectivity index is 3.54. The van der Waals surface area contributed by atoms with E-state index in [-0.39, 0.29) is 31.1 Å². The molecular formula is C10H18O4S2. The molecule has 0 spiro atoms. The number of rotatable bonds is 8. The zero-order valence-electron chi connectivity index (χ0n) is 9.35. The fourth-order valence-electron chi connectivity index (χ4n) is 0.845. The molecule has 94 valence electrons. The lowest BCUT2D eigenvalue weighted by atomic mass is 10.2. The van der Waals surface area contributed by atoms with Gasteiger partial charge in [0.05, 0.1) is 26.1 Å². The highest BCUT2D eigenvalue weighted by atomic mass is 32.1. The molecule has 0 amide bonds. The van der Waals surface area contributed by atoms with Gasteiger partial charge in [0.25, 0.3) is 0 Å². The van der Waals surface area contributed by atoms with Crippen LogP contribution in [0.5, 0.6) is 0 Å².